The lowest BCUT2D eigenvalue weighted by Crippen LogP contribution is -2.45. The van der Waals surface area contributed by atoms with Crippen LogP contribution in [0, 0.1) is 11.7 Å². The molecule has 192 valence electrons. The van der Waals surface area contributed by atoms with E-state index in [1.54, 1.807) is 4.57 Å². The number of aromatic nitrogens is 3. The van der Waals surface area contributed by atoms with Crippen LogP contribution in [0.4, 0.5) is 4.39 Å². The van der Waals surface area contributed by atoms with Gasteiger partial charge in [0.2, 0.25) is 0 Å². The minimum absolute atomic E-state index is 0.0207. The third-order valence-corrected chi connectivity index (χ3v) is 8.51. The Morgan fingerprint density at radius 2 is 1.80 bits per heavy atom. The lowest BCUT2D eigenvalue weighted by atomic mass is 9.83. The van der Waals surface area contributed by atoms with Gasteiger partial charge in [0.25, 0.3) is 5.56 Å². The monoisotopic (exact) mass is 505 g/mol. The molecule has 0 aromatic carbocycles. The lowest BCUT2D eigenvalue weighted by Gasteiger charge is -2.31. The van der Waals surface area contributed by atoms with Crippen molar-refractivity contribution >= 4 is 28.6 Å². The van der Waals surface area contributed by atoms with Crippen LogP contribution < -0.4 is 11.2 Å². The van der Waals surface area contributed by atoms with Crippen LogP contribution in [0.3, 0.4) is 0 Å². The molecule has 2 fully saturated rings. The van der Waals surface area contributed by atoms with Gasteiger partial charge in [-0.05, 0) is 75.4 Å². The van der Waals surface area contributed by atoms with Crippen LogP contribution in [0.25, 0.3) is 11.0 Å². The van der Waals surface area contributed by atoms with Crippen molar-refractivity contribution in [2.75, 3.05) is 24.7 Å². The van der Waals surface area contributed by atoms with E-state index in [0.717, 1.165) is 69.1 Å². The number of rotatable bonds is 10. The molecule has 1 saturated heterocycles. The Morgan fingerprint density at radius 3 is 2.51 bits per heavy atom. The number of halogens is 1. The molecule has 1 aliphatic carbocycles. The SMILES string of the molecule is CCOCCC(=O)CCCC1CCC(n2c(=O)c3cc(F)cnc3n(C3CCSCC3)c2=O)CC1. The van der Waals surface area contributed by atoms with Gasteiger partial charge in [0.15, 0.2) is 0 Å². The quantitative estimate of drug-likeness (QED) is 0.437. The van der Waals surface area contributed by atoms with Crippen molar-refractivity contribution in [2.45, 2.75) is 83.2 Å². The fourth-order valence-corrected chi connectivity index (χ4v) is 6.62. The number of Topliss-reactive ketones (excluding diaryl/α,β-unsaturated/α-hetero) is 1. The Labute approximate surface area is 209 Å². The molecule has 0 spiro atoms. The highest BCUT2D eigenvalue weighted by Gasteiger charge is 2.29. The van der Waals surface area contributed by atoms with Crippen LogP contribution in [0.1, 0.15) is 83.2 Å². The fourth-order valence-electron chi connectivity index (χ4n) is 5.53. The van der Waals surface area contributed by atoms with Crippen molar-refractivity contribution < 1.29 is 13.9 Å². The zero-order valence-electron chi connectivity index (χ0n) is 20.5. The summed E-state index contributed by atoms with van der Waals surface area (Å²) < 4.78 is 22.3. The van der Waals surface area contributed by atoms with Gasteiger partial charge >= 0.3 is 5.69 Å². The minimum atomic E-state index is -0.565. The van der Waals surface area contributed by atoms with Crippen LogP contribution in [0.2, 0.25) is 0 Å². The Balaban J connectivity index is 1.47. The van der Waals surface area contributed by atoms with E-state index < -0.39 is 11.4 Å². The molecular weight excluding hydrogens is 469 g/mol. The Hall–Kier alpha value is -2.00. The first-order valence-corrected chi connectivity index (χ1v) is 14.1. The maximum Gasteiger partial charge on any atom is 0.333 e. The predicted octanol–water partition coefficient (Wildman–Crippen LogP) is 4.66. The highest BCUT2D eigenvalue weighted by molar-refractivity contribution is 7.99. The Morgan fingerprint density at radius 1 is 1.09 bits per heavy atom. The van der Waals surface area contributed by atoms with Crippen molar-refractivity contribution in [3.63, 3.8) is 0 Å². The van der Waals surface area contributed by atoms with E-state index in [2.05, 4.69) is 4.98 Å². The lowest BCUT2D eigenvalue weighted by molar-refractivity contribution is -0.120. The van der Waals surface area contributed by atoms with E-state index >= 15 is 0 Å². The van der Waals surface area contributed by atoms with E-state index in [1.165, 1.54) is 10.6 Å². The van der Waals surface area contributed by atoms with Gasteiger partial charge in [-0.15, -0.1) is 0 Å². The molecule has 35 heavy (non-hydrogen) atoms. The highest BCUT2D eigenvalue weighted by atomic mass is 32.2. The van der Waals surface area contributed by atoms with Gasteiger partial charge in [-0.25, -0.2) is 14.2 Å². The van der Waals surface area contributed by atoms with E-state index in [9.17, 15) is 18.8 Å². The highest BCUT2D eigenvalue weighted by Crippen LogP contribution is 2.34. The van der Waals surface area contributed by atoms with Crippen molar-refractivity contribution in [3.05, 3.63) is 38.9 Å². The molecular formula is C26H36FN3O4S. The topological polar surface area (TPSA) is 83.2 Å². The van der Waals surface area contributed by atoms with Gasteiger partial charge in [0.1, 0.15) is 17.2 Å². The molecule has 1 aliphatic heterocycles. The third kappa shape index (κ3) is 6.23. The molecule has 2 aromatic rings. The average molecular weight is 506 g/mol. The van der Waals surface area contributed by atoms with Gasteiger partial charge in [-0.2, -0.15) is 11.8 Å². The molecule has 1 saturated carbocycles. The average Bonchev–Trinajstić information content (AvgIpc) is 2.86. The zero-order valence-corrected chi connectivity index (χ0v) is 21.4. The summed E-state index contributed by atoms with van der Waals surface area (Å²) in [5, 5.41) is 0.190. The number of carbonyl (C=O) groups is 1. The molecule has 7 nitrogen and oxygen atoms in total. The molecule has 0 atom stereocenters. The number of ketones is 1. The Bertz CT molecular complexity index is 1130. The Kier molecular flexibility index (Phi) is 9.16. The van der Waals surface area contributed by atoms with Crippen LogP contribution in [-0.2, 0) is 9.53 Å². The maximum atomic E-state index is 14.0. The summed E-state index contributed by atoms with van der Waals surface area (Å²) in [7, 11) is 0. The molecule has 0 amide bonds. The van der Waals surface area contributed by atoms with Gasteiger partial charge in [-0.1, -0.05) is 6.42 Å². The molecule has 0 radical (unpaired) electrons. The third-order valence-electron chi connectivity index (χ3n) is 7.46. The van der Waals surface area contributed by atoms with Crippen LogP contribution in [0.5, 0.6) is 0 Å². The molecule has 2 aromatic heterocycles. The second-order valence-corrected chi connectivity index (χ2v) is 11.0. The van der Waals surface area contributed by atoms with E-state index in [0.29, 0.717) is 37.6 Å². The van der Waals surface area contributed by atoms with Crippen LogP contribution in [0.15, 0.2) is 21.9 Å². The summed E-state index contributed by atoms with van der Waals surface area (Å²) in [6.45, 7) is 3.05. The van der Waals surface area contributed by atoms with Gasteiger partial charge in [0.05, 0.1) is 18.2 Å². The number of thioether (sulfide) groups is 1. The van der Waals surface area contributed by atoms with Crippen molar-refractivity contribution in [1.82, 2.24) is 14.1 Å². The van der Waals surface area contributed by atoms with E-state index in [-0.39, 0.29) is 28.9 Å². The molecule has 2 aliphatic rings. The fraction of sp³-hybridized carbons (Fsp3) is 0.692. The predicted molar refractivity (Wildman–Crippen MR) is 137 cm³/mol. The number of hydrogen-bond acceptors (Lipinski definition) is 6. The van der Waals surface area contributed by atoms with E-state index in [1.807, 2.05) is 18.7 Å². The number of fused-ring (bicyclic) bond motifs is 1. The van der Waals surface area contributed by atoms with Crippen LogP contribution in [-0.4, -0.2) is 44.6 Å². The molecule has 9 heteroatoms. The molecule has 0 unspecified atom stereocenters. The van der Waals surface area contributed by atoms with Crippen molar-refractivity contribution in [2.24, 2.45) is 5.92 Å². The van der Waals surface area contributed by atoms with E-state index in [4.69, 9.17) is 4.74 Å². The number of ether oxygens (including phenoxy) is 1. The molecule has 3 heterocycles. The normalized spacial score (nSPS) is 21.4. The summed E-state index contributed by atoms with van der Waals surface area (Å²) >= 11 is 1.86. The minimum Gasteiger partial charge on any atom is -0.381 e. The largest absolute Gasteiger partial charge is 0.381 e. The smallest absolute Gasteiger partial charge is 0.333 e. The standard InChI is InChI=1S/C26H36FN3O4S/c1-2-34-13-10-22(31)5-3-4-18-6-8-20(9-7-18)30-25(32)23-16-19(27)17-28-24(23)29(26(30)33)21-11-14-35-15-12-21/h16-18,20-21H,2-15H2,1H3. The summed E-state index contributed by atoms with van der Waals surface area (Å²) in [6, 6.07) is 1.02. The molecule has 0 N–H and O–H groups in total. The van der Waals surface area contributed by atoms with Gasteiger partial charge in [0, 0.05) is 31.5 Å². The first-order valence-electron chi connectivity index (χ1n) is 13.0. The summed E-state index contributed by atoms with van der Waals surface area (Å²) in [5.41, 5.74) is -0.430. The summed E-state index contributed by atoms with van der Waals surface area (Å²) in [5.74, 6) is 2.09. The molecule has 4 rings (SSSR count). The molecule has 0 bridgehead atoms. The summed E-state index contributed by atoms with van der Waals surface area (Å²) in [4.78, 5) is 43.2. The zero-order chi connectivity index (χ0) is 24.8. The van der Waals surface area contributed by atoms with Gasteiger partial charge in [-0.3, -0.25) is 18.7 Å². The maximum absolute atomic E-state index is 14.0. The first-order chi connectivity index (χ1) is 17.0. The first kappa shape index (κ1) is 26.1. The van der Waals surface area contributed by atoms with Crippen LogP contribution >= 0.6 is 11.8 Å². The van der Waals surface area contributed by atoms with Crippen molar-refractivity contribution in [1.29, 1.82) is 0 Å². The van der Waals surface area contributed by atoms with Crippen molar-refractivity contribution in [3.8, 4) is 0 Å². The second kappa shape index (κ2) is 12.3. The number of nitrogens with zero attached hydrogens (tertiary/aromatic N) is 3. The number of pyridine rings is 1. The number of carbonyl (C=O) groups excluding carboxylic acids is 1. The van der Waals surface area contributed by atoms with Gasteiger partial charge < -0.3 is 4.74 Å². The summed E-state index contributed by atoms with van der Waals surface area (Å²) in [6.07, 6.45) is 9.01. The number of hydrogen-bond donors (Lipinski definition) is 0. The second-order valence-electron chi connectivity index (χ2n) is 9.75.